The first-order valence-corrected chi connectivity index (χ1v) is 21.1. The summed E-state index contributed by atoms with van der Waals surface area (Å²) in [5.74, 6) is 3.17. The van der Waals surface area contributed by atoms with Gasteiger partial charge in [0.05, 0.1) is 22.7 Å². The summed E-state index contributed by atoms with van der Waals surface area (Å²) in [6.07, 6.45) is 0. The van der Waals surface area contributed by atoms with E-state index in [1.807, 2.05) is 12.1 Å². The molecule has 15 rings (SSSR count). The molecule has 4 aliphatic rings. The SMILES string of the molecule is c1ccc(N2c3cc4ccccc4c4c3B(c3cc5c(cc3O4)Oc3c4c(cc6ccccc36)N(c3ccccc3)c3c(oc6ccccc36)B54)c3oc4ccccc4c32)cc1. The molecule has 11 aromatic rings. The minimum absolute atomic E-state index is 0.280. The predicted octanol–water partition coefficient (Wildman–Crippen LogP) is 10.3. The highest BCUT2D eigenvalue weighted by Crippen LogP contribution is 2.50. The number of fused-ring (bicyclic) bond motifs is 16. The summed E-state index contributed by atoms with van der Waals surface area (Å²) in [6.45, 7) is -0.559. The fraction of sp³-hybridized carbons (Fsp3) is 0. The Kier molecular flexibility index (Phi) is 6.23. The molecule has 0 spiro atoms. The first kappa shape index (κ1) is 32.7. The van der Waals surface area contributed by atoms with Gasteiger partial charge in [-0.2, -0.15) is 0 Å². The van der Waals surface area contributed by atoms with Crippen molar-refractivity contribution in [1.82, 2.24) is 0 Å². The molecule has 6 heterocycles. The third-order valence-corrected chi connectivity index (χ3v) is 13.5. The molecule has 0 fully saturated rings. The quantitative estimate of drug-likeness (QED) is 0.163. The van der Waals surface area contributed by atoms with Crippen molar-refractivity contribution in [2.24, 2.45) is 0 Å². The van der Waals surface area contributed by atoms with Crippen LogP contribution in [0.1, 0.15) is 0 Å². The lowest BCUT2D eigenvalue weighted by Gasteiger charge is -2.40. The van der Waals surface area contributed by atoms with Crippen LogP contribution < -0.4 is 52.4 Å². The number of furan rings is 2. The Hall–Kier alpha value is -8.09. The number of hydrogen-bond donors (Lipinski definition) is 0. The van der Waals surface area contributed by atoms with Gasteiger partial charge in [0, 0.05) is 61.3 Å². The van der Waals surface area contributed by atoms with Crippen molar-refractivity contribution in [2.45, 2.75) is 0 Å². The highest BCUT2D eigenvalue weighted by atomic mass is 16.5. The number of hydrogen-bond acceptors (Lipinski definition) is 6. The van der Waals surface area contributed by atoms with Crippen molar-refractivity contribution in [3.8, 4) is 23.0 Å². The number of para-hydroxylation sites is 4. The second-order valence-electron chi connectivity index (χ2n) is 16.7. The summed E-state index contributed by atoms with van der Waals surface area (Å²) in [5.41, 5.74) is 14.0. The maximum absolute atomic E-state index is 7.27. The maximum atomic E-state index is 7.27. The van der Waals surface area contributed by atoms with Crippen LogP contribution in [0.2, 0.25) is 0 Å². The molecule has 286 valence electrons. The Bertz CT molecular complexity index is 3510. The minimum atomic E-state index is -0.280. The van der Waals surface area contributed by atoms with E-state index in [9.17, 15) is 0 Å². The molecule has 2 aromatic heterocycles. The van der Waals surface area contributed by atoms with E-state index in [2.05, 4.69) is 180 Å². The van der Waals surface area contributed by atoms with Gasteiger partial charge in [0.1, 0.15) is 34.2 Å². The van der Waals surface area contributed by atoms with Crippen LogP contribution in [0.25, 0.3) is 43.5 Å². The standard InChI is InChI=1S/C54H30B2N2O4/c1-3-17-33(18-4-1)57-41-27-31-15-7-9-21-35(31)51-47(41)55(53-49(57)37-23-11-13-25-43(37)61-53)39-29-40-46(30-45(39)59-51)60-52-36-22-10-8-16-32(36)28-42-48(52)56(40)54-50(38-24-12-14-26-44(38)62-54)58(42)34-19-5-2-6-20-34/h1-30H. The largest absolute Gasteiger partial charge is 0.468 e. The van der Waals surface area contributed by atoms with E-state index >= 15 is 0 Å². The minimum Gasteiger partial charge on any atom is -0.468 e. The van der Waals surface area contributed by atoms with E-state index in [1.165, 1.54) is 0 Å². The first-order chi connectivity index (χ1) is 30.8. The topological polar surface area (TPSA) is 51.2 Å². The Morgan fingerprint density at radius 1 is 0.371 bits per heavy atom. The van der Waals surface area contributed by atoms with Crippen molar-refractivity contribution in [1.29, 1.82) is 0 Å². The third kappa shape index (κ3) is 4.16. The molecule has 6 nitrogen and oxygen atoms in total. The second-order valence-corrected chi connectivity index (χ2v) is 16.7. The van der Waals surface area contributed by atoms with Crippen LogP contribution in [0.4, 0.5) is 34.1 Å². The lowest BCUT2D eigenvalue weighted by Crippen LogP contribution is -2.63. The average Bonchev–Trinajstić information content (AvgIpc) is 3.90. The van der Waals surface area contributed by atoms with Gasteiger partial charge in [0.2, 0.25) is 0 Å². The zero-order chi connectivity index (χ0) is 40.2. The normalized spacial score (nSPS) is 13.9. The molecular weight excluding hydrogens is 762 g/mol. The average molecular weight is 792 g/mol. The Morgan fingerprint density at radius 3 is 1.24 bits per heavy atom. The van der Waals surface area contributed by atoms with Gasteiger partial charge in [-0.3, -0.25) is 0 Å². The molecule has 0 aliphatic carbocycles. The molecule has 4 aliphatic heterocycles. The Morgan fingerprint density at radius 2 is 0.774 bits per heavy atom. The van der Waals surface area contributed by atoms with Gasteiger partial charge in [0.25, 0.3) is 0 Å². The first-order valence-electron chi connectivity index (χ1n) is 21.1. The lowest BCUT2D eigenvalue weighted by molar-refractivity contribution is 0.470. The van der Waals surface area contributed by atoms with Gasteiger partial charge in [-0.15, -0.1) is 0 Å². The number of ether oxygens (including phenoxy) is 2. The number of benzene rings is 9. The summed E-state index contributed by atoms with van der Waals surface area (Å²) >= 11 is 0. The summed E-state index contributed by atoms with van der Waals surface area (Å²) in [7, 11) is 0. The van der Waals surface area contributed by atoms with Gasteiger partial charge < -0.3 is 28.1 Å². The molecule has 0 saturated carbocycles. The molecule has 0 amide bonds. The highest BCUT2D eigenvalue weighted by Gasteiger charge is 2.50. The molecular formula is C54H30B2N2O4. The fourth-order valence-corrected chi connectivity index (χ4v) is 11.0. The van der Waals surface area contributed by atoms with Crippen molar-refractivity contribution < 1.29 is 18.3 Å². The van der Waals surface area contributed by atoms with E-state index in [0.717, 1.165) is 134 Å². The molecule has 0 saturated heterocycles. The molecule has 0 unspecified atom stereocenters. The zero-order valence-electron chi connectivity index (χ0n) is 33.0. The van der Waals surface area contributed by atoms with Gasteiger partial charge >= 0.3 is 13.4 Å². The van der Waals surface area contributed by atoms with E-state index in [0.29, 0.717) is 0 Å². The summed E-state index contributed by atoms with van der Waals surface area (Å²) in [5, 5.41) is 6.43. The molecule has 8 heteroatoms. The highest BCUT2D eigenvalue weighted by molar-refractivity contribution is 7.01. The van der Waals surface area contributed by atoms with Crippen molar-refractivity contribution >= 4 is 124 Å². The molecule has 9 aromatic carbocycles. The summed E-state index contributed by atoms with van der Waals surface area (Å²) < 4.78 is 28.7. The van der Waals surface area contributed by atoms with Crippen LogP contribution in [0.15, 0.2) is 191 Å². The Labute approximate surface area is 355 Å². The summed E-state index contributed by atoms with van der Waals surface area (Å²) in [4.78, 5) is 4.73. The van der Waals surface area contributed by atoms with Crippen LogP contribution in [-0.4, -0.2) is 13.4 Å². The second kappa shape index (κ2) is 11.8. The van der Waals surface area contributed by atoms with Crippen LogP contribution in [0.5, 0.6) is 23.0 Å². The monoisotopic (exact) mass is 792 g/mol. The van der Waals surface area contributed by atoms with Gasteiger partial charge in [-0.05, 0) is 82.4 Å². The van der Waals surface area contributed by atoms with Crippen molar-refractivity contribution in [2.75, 3.05) is 9.80 Å². The van der Waals surface area contributed by atoms with E-state index in [1.54, 1.807) is 0 Å². The van der Waals surface area contributed by atoms with Gasteiger partial charge in [0.15, 0.2) is 0 Å². The fourth-order valence-electron chi connectivity index (χ4n) is 11.0. The zero-order valence-corrected chi connectivity index (χ0v) is 33.0. The predicted molar refractivity (Wildman–Crippen MR) is 253 cm³/mol. The van der Waals surface area contributed by atoms with E-state index in [-0.39, 0.29) is 13.4 Å². The smallest absolute Gasteiger partial charge is 0.301 e. The number of anilines is 6. The molecule has 0 bridgehead atoms. The van der Waals surface area contributed by atoms with Crippen LogP contribution in [0, 0.1) is 0 Å². The molecule has 0 N–H and O–H groups in total. The van der Waals surface area contributed by atoms with Gasteiger partial charge in [-0.25, -0.2) is 0 Å². The molecule has 0 atom stereocenters. The van der Waals surface area contributed by atoms with Gasteiger partial charge in [-0.1, -0.05) is 115 Å². The number of rotatable bonds is 2. The number of nitrogens with zero attached hydrogens (tertiary/aromatic N) is 2. The van der Waals surface area contributed by atoms with Crippen molar-refractivity contribution in [3.05, 3.63) is 182 Å². The van der Waals surface area contributed by atoms with E-state index < -0.39 is 0 Å². The maximum Gasteiger partial charge on any atom is 0.301 e. The van der Waals surface area contributed by atoms with Crippen LogP contribution >= 0.6 is 0 Å². The van der Waals surface area contributed by atoms with Crippen molar-refractivity contribution in [3.63, 3.8) is 0 Å². The third-order valence-electron chi connectivity index (χ3n) is 13.5. The van der Waals surface area contributed by atoms with Crippen LogP contribution in [0.3, 0.4) is 0 Å². The summed E-state index contributed by atoms with van der Waals surface area (Å²) in [6, 6.07) is 64.1. The lowest BCUT2D eigenvalue weighted by atomic mass is 9.33. The molecule has 62 heavy (non-hydrogen) atoms. The van der Waals surface area contributed by atoms with Crippen LogP contribution in [-0.2, 0) is 0 Å². The van der Waals surface area contributed by atoms with E-state index in [4.69, 9.17) is 18.3 Å². The Balaban J connectivity index is 1.05. The molecule has 0 radical (unpaired) electrons.